The zero-order valence-corrected chi connectivity index (χ0v) is 63.6. The smallest absolute Gasteiger partial charge is 0.0541 e. The fourth-order valence-corrected chi connectivity index (χ4v) is 18.0. The molecular weight excluding hydrogens is 1430 g/mol. The Morgan fingerprint density at radius 2 is 0.566 bits per heavy atom. The number of benzene rings is 20. The minimum absolute atomic E-state index is 1.03. The molecule has 1 heterocycles. The zero-order chi connectivity index (χ0) is 75.1. The van der Waals surface area contributed by atoms with E-state index in [9.17, 15) is 0 Å². The minimum Gasteiger partial charge on any atom is -0.310 e. The molecule has 1 aromatic heterocycles. The fourth-order valence-electron chi connectivity index (χ4n) is 17.6. The van der Waals surface area contributed by atoms with E-state index < -0.39 is 0 Å². The lowest BCUT2D eigenvalue weighted by Crippen LogP contribution is -2.11. The second-order valence-electron chi connectivity index (χ2n) is 29.0. The molecule has 0 N–H and O–H groups in total. The maximum absolute atomic E-state index is 3.60. The van der Waals surface area contributed by atoms with Gasteiger partial charge in [0.15, 0.2) is 0 Å². The van der Waals surface area contributed by atoms with Crippen molar-refractivity contribution in [3.8, 4) is 61.3 Å². The third-order valence-electron chi connectivity index (χ3n) is 22.5. The highest BCUT2D eigenvalue weighted by molar-refractivity contribution is 9.10. The molecule has 1 aliphatic rings. The Bertz CT molecular complexity index is 7050. The number of anilines is 6. The Hall–Kier alpha value is -14.2. The Morgan fingerprint density at radius 3 is 1.07 bits per heavy atom. The minimum atomic E-state index is 1.03. The molecule has 0 fully saturated rings. The van der Waals surface area contributed by atoms with E-state index in [0.29, 0.717) is 0 Å². The lowest BCUT2D eigenvalue weighted by Gasteiger charge is -2.27. The molecule has 0 aliphatic heterocycles. The summed E-state index contributed by atoms with van der Waals surface area (Å²) in [5, 5.41) is 17.7. The Balaban J connectivity index is 0.000000122. The quantitative estimate of drug-likeness (QED) is 0.120. The van der Waals surface area contributed by atoms with Gasteiger partial charge in [0.2, 0.25) is 0 Å². The molecule has 21 aromatic rings. The molecule has 0 amide bonds. The molecule has 0 saturated heterocycles. The Morgan fingerprint density at radius 1 is 0.212 bits per heavy atom. The van der Waals surface area contributed by atoms with E-state index in [4.69, 9.17) is 0 Å². The average Bonchev–Trinajstić information content (AvgIpc) is 1.72. The van der Waals surface area contributed by atoms with Gasteiger partial charge in [-0.15, -0.1) is 0 Å². The van der Waals surface area contributed by atoms with Gasteiger partial charge >= 0.3 is 0 Å². The van der Waals surface area contributed by atoms with Crippen LogP contribution in [0.15, 0.2) is 441 Å². The van der Waals surface area contributed by atoms with Crippen LogP contribution in [-0.4, -0.2) is 4.57 Å². The van der Waals surface area contributed by atoms with Crippen LogP contribution >= 0.6 is 15.9 Å². The fraction of sp³-hybridized carbons (Fsp3) is 0.00917. The van der Waals surface area contributed by atoms with Crippen LogP contribution in [0, 0.1) is 0 Å². The van der Waals surface area contributed by atoms with E-state index >= 15 is 0 Å². The largest absolute Gasteiger partial charge is 0.310 e. The topological polar surface area (TPSA) is 11.4 Å². The van der Waals surface area contributed by atoms with Crippen molar-refractivity contribution in [2.75, 3.05) is 9.80 Å². The normalized spacial score (nSPS) is 11.5. The van der Waals surface area contributed by atoms with Crippen LogP contribution in [0.4, 0.5) is 34.1 Å². The molecule has 22 rings (SSSR count). The van der Waals surface area contributed by atoms with E-state index in [1.54, 1.807) is 0 Å². The number of fused-ring (bicyclic) bond motifs is 12. The predicted octanol–water partition coefficient (Wildman–Crippen LogP) is 31.0. The third kappa shape index (κ3) is 12.5. The lowest BCUT2D eigenvalue weighted by molar-refractivity contribution is 1.17. The van der Waals surface area contributed by atoms with Gasteiger partial charge in [0.05, 0.1) is 22.4 Å². The molecule has 3 nitrogen and oxygen atoms in total. The summed E-state index contributed by atoms with van der Waals surface area (Å²) >= 11 is 3.60. The van der Waals surface area contributed by atoms with Crippen molar-refractivity contribution in [2.45, 2.75) is 6.42 Å². The molecule has 0 radical (unpaired) electrons. The molecule has 0 spiro atoms. The van der Waals surface area contributed by atoms with Gasteiger partial charge in [0.25, 0.3) is 0 Å². The van der Waals surface area contributed by atoms with Crippen LogP contribution in [-0.2, 0) is 6.42 Å². The van der Waals surface area contributed by atoms with Crippen molar-refractivity contribution in [3.63, 3.8) is 0 Å². The summed E-state index contributed by atoms with van der Waals surface area (Å²) in [5.74, 6) is 0. The van der Waals surface area contributed by atoms with Crippen LogP contribution < -0.4 is 9.80 Å². The molecule has 4 heteroatoms. The summed E-state index contributed by atoms with van der Waals surface area (Å²) < 4.78 is 3.50. The number of rotatable bonds is 11. The highest BCUT2D eigenvalue weighted by Crippen LogP contribution is 2.50. The van der Waals surface area contributed by atoms with Crippen LogP contribution in [0.2, 0.25) is 0 Å². The maximum atomic E-state index is 3.60. The summed E-state index contributed by atoms with van der Waals surface area (Å²) in [6.45, 7) is 0. The zero-order valence-electron chi connectivity index (χ0n) is 62.0. The molecule has 0 bridgehead atoms. The highest BCUT2D eigenvalue weighted by atomic mass is 79.9. The van der Waals surface area contributed by atoms with Crippen LogP contribution in [0.3, 0.4) is 0 Å². The van der Waals surface area contributed by atoms with Crippen LogP contribution in [0.1, 0.15) is 11.1 Å². The SMILES string of the molecule is Brc1cccc(N(c2ccccc2)c2cccc3ccccc23)c1.c1ccc(-c2c3ccccc3c(-c3ccc4c(c3)-c3ccccc3C4)c3ccccc23)cc1.c1ccc(-c2c3ccccc3c(-c3ccc4c(c3)c3ccccc3n4-c3cccc(N(c4ccccc4)c4cccc5ccccc45)c3)c3ccccc23)cc1. The number of aromatic nitrogens is 1. The van der Waals surface area contributed by atoms with Crippen molar-refractivity contribution in [2.24, 2.45) is 0 Å². The van der Waals surface area contributed by atoms with E-state index in [0.717, 1.165) is 45.0 Å². The molecule has 532 valence electrons. The molecule has 0 unspecified atom stereocenters. The molecule has 0 saturated carbocycles. The van der Waals surface area contributed by atoms with E-state index in [-0.39, 0.29) is 0 Å². The van der Waals surface area contributed by atoms with Gasteiger partial charge in [-0.25, -0.2) is 0 Å². The van der Waals surface area contributed by atoms with Gasteiger partial charge in [0.1, 0.15) is 0 Å². The van der Waals surface area contributed by atoms with Gasteiger partial charge in [-0.3, -0.25) is 0 Å². The Labute approximate surface area is 666 Å². The first-order valence-corrected chi connectivity index (χ1v) is 39.6. The van der Waals surface area contributed by atoms with Gasteiger partial charge in [-0.2, -0.15) is 0 Å². The number of nitrogens with zero attached hydrogens (tertiary/aromatic N) is 3. The number of halogens is 1. The first-order chi connectivity index (χ1) is 56.0. The number of hydrogen-bond donors (Lipinski definition) is 0. The third-order valence-corrected chi connectivity index (χ3v) is 23.0. The molecule has 113 heavy (non-hydrogen) atoms. The molecule has 20 aromatic carbocycles. The van der Waals surface area contributed by atoms with Gasteiger partial charge < -0.3 is 14.4 Å². The van der Waals surface area contributed by atoms with Gasteiger partial charge in [0, 0.05) is 54.5 Å². The number of hydrogen-bond acceptors (Lipinski definition) is 2. The molecule has 1 aliphatic carbocycles. The van der Waals surface area contributed by atoms with Crippen molar-refractivity contribution in [1.29, 1.82) is 0 Å². The summed E-state index contributed by atoms with van der Waals surface area (Å²) in [4.78, 5) is 4.68. The first-order valence-electron chi connectivity index (χ1n) is 38.8. The van der Waals surface area contributed by atoms with Gasteiger partial charge in [-0.1, -0.05) is 356 Å². The summed E-state index contributed by atoms with van der Waals surface area (Å²) in [6, 6.07) is 158. The van der Waals surface area contributed by atoms with Crippen molar-refractivity contribution in [1.82, 2.24) is 4.57 Å². The Kier molecular flexibility index (Phi) is 17.9. The first kappa shape index (κ1) is 68.1. The standard InChI is InChI=1S/C54H36N2.C33H22.C22H16BrN/c1-3-18-38(19-4-1)53-45-27-9-11-29-47(45)54(48-30-12-10-28-46(48)53)39-33-34-52-49(35-39)44-26-13-14-31-51(44)56(52)42-24-16-23-41(36-42)55(40-21-5-2-6-22-40)50-32-15-20-37-17-7-8-25-43(37)50;1-2-10-22(11-3-1)32-27-14-6-8-16-29(27)33(30-17-9-7-15-28(30)32)25-19-18-24-20-23-12-4-5-13-26(23)31(24)21-25;23-18-10-7-13-20(16-18)24(19-11-2-1-3-12-19)22-15-6-9-17-8-4-5-14-21(17)22/h1-36H;1-19,21H,20H2;1-16H. The van der Waals surface area contributed by atoms with E-state index in [2.05, 4.69) is 461 Å². The van der Waals surface area contributed by atoms with Crippen molar-refractivity contribution >= 4 is 136 Å². The van der Waals surface area contributed by atoms with Gasteiger partial charge in [-0.05, 0) is 224 Å². The van der Waals surface area contributed by atoms with E-state index in [1.807, 2.05) is 6.07 Å². The van der Waals surface area contributed by atoms with E-state index in [1.165, 1.54) is 159 Å². The lowest BCUT2D eigenvalue weighted by atomic mass is 9.85. The summed E-state index contributed by atoms with van der Waals surface area (Å²) in [6.07, 6.45) is 1.03. The van der Waals surface area contributed by atoms with Crippen LogP contribution in [0.25, 0.3) is 148 Å². The monoisotopic (exact) mass is 1500 g/mol. The van der Waals surface area contributed by atoms with Crippen LogP contribution in [0.5, 0.6) is 0 Å². The predicted molar refractivity (Wildman–Crippen MR) is 486 cm³/mol. The summed E-state index contributed by atoms with van der Waals surface area (Å²) in [7, 11) is 0. The number of para-hydroxylation sites is 3. The average molecular weight is 1510 g/mol. The van der Waals surface area contributed by atoms with Crippen molar-refractivity contribution in [3.05, 3.63) is 452 Å². The second-order valence-corrected chi connectivity index (χ2v) is 30.0. The maximum Gasteiger partial charge on any atom is 0.0541 e. The van der Waals surface area contributed by atoms with Crippen molar-refractivity contribution < 1.29 is 0 Å². The molecule has 0 atom stereocenters. The molecular formula is C109H74BrN3. The highest BCUT2D eigenvalue weighted by Gasteiger charge is 2.25. The second kappa shape index (κ2) is 29.7. The summed E-state index contributed by atoms with van der Waals surface area (Å²) in [5.41, 5.74) is 26.1.